The minimum absolute atomic E-state index is 0.117. The molecule has 19 heavy (non-hydrogen) atoms. The van der Waals surface area contributed by atoms with Gasteiger partial charge >= 0.3 is 0 Å². The van der Waals surface area contributed by atoms with Crippen LogP contribution in [-0.4, -0.2) is 42.5 Å². The number of halogens is 3. The van der Waals surface area contributed by atoms with Crippen LogP contribution in [0.1, 0.15) is 15.9 Å². The monoisotopic (exact) mass is 289 g/mol. The van der Waals surface area contributed by atoms with Crippen molar-refractivity contribution in [2.75, 3.05) is 25.6 Å². The third-order valence-corrected chi connectivity index (χ3v) is 3.42. The third-order valence-electron chi connectivity index (χ3n) is 3.08. The summed E-state index contributed by atoms with van der Waals surface area (Å²) in [6.07, 6.45) is -0.246. The first-order valence-electron chi connectivity index (χ1n) is 5.95. The van der Waals surface area contributed by atoms with Gasteiger partial charge in [0.05, 0.1) is 24.2 Å². The maximum absolute atomic E-state index is 13.7. The molecule has 3 nitrogen and oxygen atoms in total. The number of nitrogens with zero attached hydrogens (tertiary/aromatic N) is 1. The normalized spacial score (nSPS) is 19.6. The van der Waals surface area contributed by atoms with Gasteiger partial charge < -0.3 is 9.64 Å². The molecule has 6 heteroatoms. The highest BCUT2D eigenvalue weighted by atomic mass is 35.5. The van der Waals surface area contributed by atoms with E-state index in [1.807, 2.05) is 0 Å². The zero-order chi connectivity index (χ0) is 14.0. The van der Waals surface area contributed by atoms with E-state index >= 15 is 0 Å². The molecule has 1 amide bonds. The average molecular weight is 290 g/mol. The summed E-state index contributed by atoms with van der Waals surface area (Å²) in [6.45, 7) is 2.55. The fourth-order valence-electron chi connectivity index (χ4n) is 1.99. The Balaban J connectivity index is 2.22. The second-order valence-electron chi connectivity index (χ2n) is 4.48. The predicted octanol–water partition coefficient (Wildman–Crippen LogP) is 2.35. The molecule has 1 aliphatic heterocycles. The van der Waals surface area contributed by atoms with E-state index in [-0.39, 0.29) is 23.1 Å². The molecule has 1 fully saturated rings. The lowest BCUT2D eigenvalue weighted by atomic mass is 10.1. The number of ether oxygens (including phenoxy) is 1. The highest BCUT2D eigenvalue weighted by molar-refractivity contribution is 6.18. The number of amides is 1. The van der Waals surface area contributed by atoms with Gasteiger partial charge in [-0.15, -0.1) is 11.6 Å². The molecule has 0 N–H and O–H groups in total. The Bertz CT molecular complexity index is 496. The van der Waals surface area contributed by atoms with E-state index in [1.54, 1.807) is 0 Å². The van der Waals surface area contributed by atoms with Crippen molar-refractivity contribution >= 4 is 17.5 Å². The van der Waals surface area contributed by atoms with E-state index in [1.165, 1.54) is 17.9 Å². The number of benzene rings is 1. The summed E-state index contributed by atoms with van der Waals surface area (Å²) in [5, 5.41) is 0. The van der Waals surface area contributed by atoms with Crippen molar-refractivity contribution < 1.29 is 18.3 Å². The summed E-state index contributed by atoms with van der Waals surface area (Å²) in [4.78, 5) is 13.7. The van der Waals surface area contributed by atoms with E-state index in [4.69, 9.17) is 16.3 Å². The molecule has 1 heterocycles. The molecule has 1 atom stereocenters. The van der Waals surface area contributed by atoms with E-state index in [0.29, 0.717) is 19.7 Å². The van der Waals surface area contributed by atoms with Gasteiger partial charge in [0.25, 0.3) is 5.91 Å². The van der Waals surface area contributed by atoms with Crippen LogP contribution < -0.4 is 0 Å². The van der Waals surface area contributed by atoms with Crippen LogP contribution in [0.25, 0.3) is 0 Å². The Morgan fingerprint density at radius 2 is 2.21 bits per heavy atom. The molecule has 0 spiro atoms. The van der Waals surface area contributed by atoms with Crippen molar-refractivity contribution in [3.05, 3.63) is 34.9 Å². The van der Waals surface area contributed by atoms with Crippen molar-refractivity contribution in [2.24, 2.45) is 0 Å². The molecule has 1 aliphatic rings. The quantitative estimate of drug-likeness (QED) is 0.782. The Morgan fingerprint density at radius 1 is 1.47 bits per heavy atom. The van der Waals surface area contributed by atoms with Crippen molar-refractivity contribution in [3.8, 4) is 0 Å². The standard InChI is InChI=1S/C13H14ClF2NO2/c1-8-4-10(12(16)5-11(8)15)13(18)17-2-3-19-9(6-14)7-17/h4-5,9H,2-3,6-7H2,1H3. The smallest absolute Gasteiger partial charge is 0.257 e. The molecule has 1 unspecified atom stereocenters. The van der Waals surface area contributed by atoms with Crippen LogP contribution in [0.5, 0.6) is 0 Å². The summed E-state index contributed by atoms with van der Waals surface area (Å²) in [6, 6.07) is 1.97. The number of hydrogen-bond acceptors (Lipinski definition) is 2. The van der Waals surface area contributed by atoms with Crippen molar-refractivity contribution in [2.45, 2.75) is 13.0 Å². The number of hydrogen-bond donors (Lipinski definition) is 0. The fourth-order valence-corrected chi connectivity index (χ4v) is 2.18. The first kappa shape index (κ1) is 14.2. The summed E-state index contributed by atoms with van der Waals surface area (Å²) < 4.78 is 32.2. The summed E-state index contributed by atoms with van der Waals surface area (Å²) in [7, 11) is 0. The molecule has 1 aromatic carbocycles. The molecular weight excluding hydrogens is 276 g/mol. The third kappa shape index (κ3) is 3.04. The zero-order valence-electron chi connectivity index (χ0n) is 10.5. The molecule has 0 aliphatic carbocycles. The highest BCUT2D eigenvalue weighted by Gasteiger charge is 2.26. The Morgan fingerprint density at radius 3 is 2.89 bits per heavy atom. The highest BCUT2D eigenvalue weighted by Crippen LogP contribution is 2.18. The van der Waals surface area contributed by atoms with E-state index in [2.05, 4.69) is 0 Å². The van der Waals surface area contributed by atoms with Crippen molar-refractivity contribution in [1.82, 2.24) is 4.90 Å². The molecule has 0 saturated carbocycles. The van der Waals surface area contributed by atoms with Crippen LogP contribution in [0.3, 0.4) is 0 Å². The van der Waals surface area contributed by atoms with Gasteiger partial charge in [-0.1, -0.05) is 0 Å². The molecule has 2 rings (SSSR count). The lowest BCUT2D eigenvalue weighted by molar-refractivity contribution is -0.0109. The van der Waals surface area contributed by atoms with Gasteiger partial charge in [-0.05, 0) is 18.6 Å². The van der Waals surface area contributed by atoms with Crippen LogP contribution in [0.15, 0.2) is 12.1 Å². The second kappa shape index (κ2) is 5.84. The maximum atomic E-state index is 13.7. The molecule has 0 bridgehead atoms. The molecule has 0 radical (unpaired) electrons. The summed E-state index contributed by atoms with van der Waals surface area (Å²) >= 11 is 5.69. The lowest BCUT2D eigenvalue weighted by Crippen LogP contribution is -2.46. The minimum Gasteiger partial charge on any atom is -0.373 e. The van der Waals surface area contributed by atoms with Gasteiger partial charge in [0.15, 0.2) is 0 Å². The van der Waals surface area contributed by atoms with Gasteiger partial charge in [-0.2, -0.15) is 0 Å². The lowest BCUT2D eigenvalue weighted by Gasteiger charge is -2.32. The largest absolute Gasteiger partial charge is 0.373 e. The van der Waals surface area contributed by atoms with Gasteiger partial charge in [0.1, 0.15) is 11.6 Å². The van der Waals surface area contributed by atoms with Crippen LogP contribution in [0.4, 0.5) is 8.78 Å². The van der Waals surface area contributed by atoms with E-state index in [0.717, 1.165) is 6.07 Å². The van der Waals surface area contributed by atoms with Gasteiger partial charge in [-0.25, -0.2) is 8.78 Å². The summed E-state index contributed by atoms with van der Waals surface area (Å²) in [5.41, 5.74) is 0.126. The first-order valence-corrected chi connectivity index (χ1v) is 6.49. The average Bonchev–Trinajstić information content (AvgIpc) is 2.42. The minimum atomic E-state index is -0.845. The fraction of sp³-hybridized carbons (Fsp3) is 0.462. The number of rotatable bonds is 2. The SMILES string of the molecule is Cc1cc(C(=O)N2CCOC(CCl)C2)c(F)cc1F. The van der Waals surface area contributed by atoms with Gasteiger partial charge in [-0.3, -0.25) is 4.79 Å². The van der Waals surface area contributed by atoms with Crippen molar-refractivity contribution in [3.63, 3.8) is 0 Å². The number of carbonyl (C=O) groups excluding carboxylic acids is 1. The zero-order valence-corrected chi connectivity index (χ0v) is 11.2. The molecule has 1 aromatic rings. The van der Waals surface area contributed by atoms with E-state index < -0.39 is 17.5 Å². The molecule has 0 aromatic heterocycles. The molecular formula is C13H14ClF2NO2. The number of alkyl halides is 1. The Labute approximate surface area is 115 Å². The second-order valence-corrected chi connectivity index (χ2v) is 4.79. The Hall–Kier alpha value is -1.20. The summed E-state index contributed by atoms with van der Waals surface area (Å²) in [5.74, 6) is -1.69. The molecule has 1 saturated heterocycles. The molecule has 104 valence electrons. The number of morpholine rings is 1. The van der Waals surface area contributed by atoms with Crippen LogP contribution in [0, 0.1) is 18.6 Å². The van der Waals surface area contributed by atoms with Gasteiger partial charge in [0, 0.05) is 19.2 Å². The van der Waals surface area contributed by atoms with Crippen LogP contribution in [0.2, 0.25) is 0 Å². The van der Waals surface area contributed by atoms with E-state index in [9.17, 15) is 13.6 Å². The van der Waals surface area contributed by atoms with Gasteiger partial charge in [0.2, 0.25) is 0 Å². The topological polar surface area (TPSA) is 29.5 Å². The maximum Gasteiger partial charge on any atom is 0.257 e. The predicted molar refractivity (Wildman–Crippen MR) is 67.5 cm³/mol. The van der Waals surface area contributed by atoms with Crippen molar-refractivity contribution in [1.29, 1.82) is 0 Å². The number of aryl methyl sites for hydroxylation is 1. The Kier molecular flexibility index (Phi) is 4.37. The number of carbonyl (C=O) groups is 1. The van der Waals surface area contributed by atoms with Crippen LogP contribution in [-0.2, 0) is 4.74 Å². The first-order chi connectivity index (χ1) is 9.02. The van der Waals surface area contributed by atoms with Crippen LogP contribution >= 0.6 is 11.6 Å².